The minimum absolute atomic E-state index is 0.163. The van der Waals surface area contributed by atoms with Gasteiger partial charge in [0.05, 0.1) is 16.5 Å². The highest BCUT2D eigenvalue weighted by Crippen LogP contribution is 2.35. The number of nitrogens with zero attached hydrogens (tertiary/aromatic N) is 3. The van der Waals surface area contributed by atoms with Crippen molar-refractivity contribution in [2.75, 3.05) is 6.54 Å². The normalized spacial score (nSPS) is 18.2. The molecule has 0 spiro atoms. The number of benzene rings is 4. The lowest BCUT2D eigenvalue weighted by molar-refractivity contribution is 0.320. The first-order valence-electron chi connectivity index (χ1n) is 12.8. The maximum atomic E-state index is 13.3. The molecule has 5 rings (SSSR count). The molecule has 0 fully saturated rings. The zero-order valence-corrected chi connectivity index (χ0v) is 22.6. The van der Waals surface area contributed by atoms with Crippen molar-refractivity contribution in [3.8, 4) is 6.07 Å². The summed E-state index contributed by atoms with van der Waals surface area (Å²) in [6.07, 6.45) is 4.69. The standard InChI is InChI=1S/C33H29N3O2S/c1-26-12-18-31(19-13-26)39(37,38)35-32-20-21-33(30-10-6-3-7-11-30,22-27-8-4-2-5-9-27)25-36(32)24-29-16-14-28(23-34)15-17-29/h2-21H,22,24-25H2,1H3/b35-32+/t33-/m1/s1. The molecule has 194 valence electrons. The van der Waals surface area contributed by atoms with Crippen LogP contribution in [0.5, 0.6) is 0 Å². The molecule has 6 heteroatoms. The van der Waals surface area contributed by atoms with Crippen LogP contribution >= 0.6 is 0 Å². The van der Waals surface area contributed by atoms with Crippen molar-refractivity contribution in [3.05, 3.63) is 149 Å². The molecule has 4 aromatic carbocycles. The molecule has 0 N–H and O–H groups in total. The van der Waals surface area contributed by atoms with Gasteiger partial charge < -0.3 is 4.90 Å². The summed E-state index contributed by atoms with van der Waals surface area (Å²) in [7, 11) is -3.92. The number of amidine groups is 1. The quantitative estimate of drug-likeness (QED) is 0.284. The third-order valence-electron chi connectivity index (χ3n) is 7.05. The third kappa shape index (κ3) is 6.00. The van der Waals surface area contributed by atoms with Crippen molar-refractivity contribution < 1.29 is 8.42 Å². The molecule has 1 atom stereocenters. The molecule has 0 aliphatic carbocycles. The number of nitriles is 1. The molecule has 1 aliphatic rings. The van der Waals surface area contributed by atoms with E-state index in [1.807, 2.05) is 66.4 Å². The van der Waals surface area contributed by atoms with Gasteiger partial charge in [0.1, 0.15) is 5.84 Å². The second-order valence-corrected chi connectivity index (χ2v) is 11.5. The van der Waals surface area contributed by atoms with Gasteiger partial charge >= 0.3 is 0 Å². The van der Waals surface area contributed by atoms with Crippen LogP contribution in [0.3, 0.4) is 0 Å². The lowest BCUT2D eigenvalue weighted by atomic mass is 9.73. The van der Waals surface area contributed by atoms with Crippen molar-refractivity contribution in [2.24, 2.45) is 4.40 Å². The summed E-state index contributed by atoms with van der Waals surface area (Å²) < 4.78 is 31.0. The predicted molar refractivity (Wildman–Crippen MR) is 155 cm³/mol. The van der Waals surface area contributed by atoms with Gasteiger partial charge in [0.25, 0.3) is 10.0 Å². The van der Waals surface area contributed by atoms with Crippen LogP contribution in [0.25, 0.3) is 0 Å². The van der Waals surface area contributed by atoms with Gasteiger partial charge in [-0.3, -0.25) is 0 Å². The Kier molecular flexibility index (Phi) is 7.44. The molecule has 0 bridgehead atoms. The van der Waals surface area contributed by atoms with Gasteiger partial charge in [-0.15, -0.1) is 4.40 Å². The summed E-state index contributed by atoms with van der Waals surface area (Å²) in [6, 6.07) is 36.9. The van der Waals surface area contributed by atoms with Gasteiger partial charge in [-0.2, -0.15) is 13.7 Å². The Hall–Kier alpha value is -4.47. The number of rotatable bonds is 7. The molecule has 1 aliphatic heterocycles. The van der Waals surface area contributed by atoms with Crippen molar-refractivity contribution in [3.63, 3.8) is 0 Å². The van der Waals surface area contributed by atoms with Crippen LogP contribution in [0.1, 0.15) is 27.8 Å². The summed E-state index contributed by atoms with van der Waals surface area (Å²) in [4.78, 5) is 2.19. The molecule has 0 unspecified atom stereocenters. The van der Waals surface area contributed by atoms with E-state index in [9.17, 15) is 13.7 Å². The van der Waals surface area contributed by atoms with E-state index in [-0.39, 0.29) is 4.90 Å². The van der Waals surface area contributed by atoms with Crippen LogP contribution in [0, 0.1) is 18.3 Å². The highest BCUT2D eigenvalue weighted by molar-refractivity contribution is 7.90. The van der Waals surface area contributed by atoms with E-state index in [0.717, 1.165) is 23.1 Å². The van der Waals surface area contributed by atoms with Gasteiger partial charge in [-0.1, -0.05) is 96.6 Å². The summed E-state index contributed by atoms with van der Waals surface area (Å²) in [5.74, 6) is 0.388. The topological polar surface area (TPSA) is 73.5 Å². The molecule has 0 radical (unpaired) electrons. The zero-order chi connectivity index (χ0) is 27.3. The average molecular weight is 532 g/mol. The Bertz CT molecular complexity index is 1640. The van der Waals surface area contributed by atoms with E-state index in [0.29, 0.717) is 24.5 Å². The first-order chi connectivity index (χ1) is 18.9. The Morgan fingerprint density at radius 1 is 0.846 bits per heavy atom. The van der Waals surface area contributed by atoms with Crippen LogP contribution in [0.2, 0.25) is 0 Å². The van der Waals surface area contributed by atoms with Crippen molar-refractivity contribution >= 4 is 15.9 Å². The monoisotopic (exact) mass is 531 g/mol. The largest absolute Gasteiger partial charge is 0.350 e. The average Bonchev–Trinajstić information content (AvgIpc) is 2.96. The third-order valence-corrected chi connectivity index (χ3v) is 8.34. The maximum Gasteiger partial charge on any atom is 0.284 e. The van der Waals surface area contributed by atoms with E-state index >= 15 is 0 Å². The second-order valence-electron chi connectivity index (χ2n) is 9.92. The fourth-order valence-electron chi connectivity index (χ4n) is 4.96. The van der Waals surface area contributed by atoms with E-state index in [1.165, 1.54) is 5.56 Å². The molecule has 39 heavy (non-hydrogen) atoms. The highest BCUT2D eigenvalue weighted by Gasteiger charge is 2.36. The van der Waals surface area contributed by atoms with E-state index < -0.39 is 15.4 Å². The minimum Gasteiger partial charge on any atom is -0.350 e. The summed E-state index contributed by atoms with van der Waals surface area (Å²) in [5, 5.41) is 9.22. The molecule has 0 amide bonds. The summed E-state index contributed by atoms with van der Waals surface area (Å²) >= 11 is 0. The zero-order valence-electron chi connectivity index (χ0n) is 21.7. The van der Waals surface area contributed by atoms with Crippen molar-refractivity contribution in [1.82, 2.24) is 4.90 Å². The molecule has 5 nitrogen and oxygen atoms in total. The first-order valence-corrected chi connectivity index (χ1v) is 14.3. The Labute approximate surface area is 230 Å². The van der Waals surface area contributed by atoms with Gasteiger partial charge in [0, 0.05) is 18.5 Å². The van der Waals surface area contributed by atoms with Crippen LogP contribution < -0.4 is 0 Å². The second kappa shape index (κ2) is 11.1. The predicted octanol–water partition coefficient (Wildman–Crippen LogP) is 6.21. The van der Waals surface area contributed by atoms with E-state index in [2.05, 4.69) is 40.8 Å². The van der Waals surface area contributed by atoms with E-state index in [4.69, 9.17) is 0 Å². The fraction of sp³-hybridized carbons (Fsp3) is 0.152. The number of sulfonamides is 1. The highest BCUT2D eigenvalue weighted by atomic mass is 32.2. The van der Waals surface area contributed by atoms with Crippen LogP contribution in [-0.4, -0.2) is 25.7 Å². The van der Waals surface area contributed by atoms with Crippen LogP contribution in [-0.2, 0) is 28.4 Å². The minimum atomic E-state index is -3.92. The number of aryl methyl sites for hydroxylation is 1. The van der Waals surface area contributed by atoms with Gasteiger partial charge in [0.2, 0.25) is 0 Å². The SMILES string of the molecule is Cc1ccc(S(=O)(=O)/N=C2\C=C[C@](Cc3ccccc3)(c3ccccc3)CN2Cc2ccc(C#N)cc2)cc1. The Morgan fingerprint density at radius 3 is 2.13 bits per heavy atom. The first kappa shape index (κ1) is 26.1. The summed E-state index contributed by atoms with van der Waals surface area (Å²) in [5.41, 5.74) is 4.46. The molecule has 0 aromatic heterocycles. The molecule has 0 saturated heterocycles. The van der Waals surface area contributed by atoms with Crippen LogP contribution in [0.4, 0.5) is 0 Å². The number of hydrogen-bond acceptors (Lipinski definition) is 3. The fourth-order valence-corrected chi connectivity index (χ4v) is 5.97. The molecule has 1 heterocycles. The van der Waals surface area contributed by atoms with Crippen molar-refractivity contribution in [2.45, 2.75) is 30.2 Å². The summed E-state index contributed by atoms with van der Waals surface area (Å²) in [6.45, 7) is 2.90. The lowest BCUT2D eigenvalue weighted by Gasteiger charge is -2.41. The molecular formula is C33H29N3O2S. The van der Waals surface area contributed by atoms with Gasteiger partial charge in [-0.25, -0.2) is 0 Å². The Balaban J connectivity index is 1.60. The molecular weight excluding hydrogens is 502 g/mol. The lowest BCUT2D eigenvalue weighted by Crippen LogP contribution is -2.47. The van der Waals surface area contributed by atoms with Gasteiger partial charge in [-0.05, 0) is 60.4 Å². The smallest absolute Gasteiger partial charge is 0.284 e. The molecule has 4 aromatic rings. The maximum absolute atomic E-state index is 13.3. The van der Waals surface area contributed by atoms with E-state index in [1.54, 1.807) is 36.4 Å². The van der Waals surface area contributed by atoms with Crippen molar-refractivity contribution in [1.29, 1.82) is 5.26 Å². The number of hydrogen-bond donors (Lipinski definition) is 0. The van der Waals surface area contributed by atoms with Gasteiger partial charge in [0.15, 0.2) is 0 Å². The molecule has 0 saturated carbocycles. The Morgan fingerprint density at radius 2 is 1.49 bits per heavy atom. The van der Waals surface area contributed by atoms with Crippen LogP contribution in [0.15, 0.2) is 131 Å².